The molecule has 15 heavy (non-hydrogen) atoms. The van der Waals surface area contributed by atoms with Gasteiger partial charge in [-0.25, -0.2) is 4.98 Å². The summed E-state index contributed by atoms with van der Waals surface area (Å²) in [6, 6.07) is 0. The second-order valence-corrected chi connectivity index (χ2v) is 5.04. The van der Waals surface area contributed by atoms with Crippen molar-refractivity contribution >= 4 is 34.4 Å². The Morgan fingerprint density at radius 1 is 1.27 bits per heavy atom. The molecule has 5 heteroatoms. The summed E-state index contributed by atoms with van der Waals surface area (Å²) in [4.78, 5) is 17.7. The predicted molar refractivity (Wildman–Crippen MR) is 63.2 cm³/mol. The number of hydrogen-bond donors (Lipinski definition) is 0. The van der Waals surface area contributed by atoms with Gasteiger partial charge in [0.1, 0.15) is 4.88 Å². The van der Waals surface area contributed by atoms with E-state index in [0.717, 1.165) is 24.5 Å². The lowest BCUT2D eigenvalue weighted by atomic mass is 10.2. The van der Waals surface area contributed by atoms with Gasteiger partial charge in [0, 0.05) is 13.1 Å². The third-order valence-corrected chi connectivity index (χ3v) is 4.02. The van der Waals surface area contributed by atoms with E-state index in [1.807, 2.05) is 0 Å². The Morgan fingerprint density at radius 3 is 2.47 bits per heavy atom. The highest BCUT2D eigenvalue weighted by Crippen LogP contribution is 2.29. The molecule has 0 bridgehead atoms. The van der Waals surface area contributed by atoms with Gasteiger partial charge in [-0.2, -0.15) is 0 Å². The summed E-state index contributed by atoms with van der Waals surface area (Å²) in [5, 5.41) is 1.23. The highest BCUT2D eigenvalue weighted by molar-refractivity contribution is 7.17. The van der Waals surface area contributed by atoms with E-state index in [1.165, 1.54) is 37.0 Å². The minimum Gasteiger partial charge on any atom is -0.348 e. The van der Waals surface area contributed by atoms with Crippen LogP contribution >= 0.6 is 22.9 Å². The third kappa shape index (κ3) is 2.49. The molecule has 82 valence electrons. The van der Waals surface area contributed by atoms with Crippen LogP contribution in [0.25, 0.3) is 0 Å². The van der Waals surface area contributed by atoms with Crippen molar-refractivity contribution in [1.82, 2.24) is 4.98 Å². The summed E-state index contributed by atoms with van der Waals surface area (Å²) in [5.41, 5.74) is 0. The van der Waals surface area contributed by atoms with Crippen LogP contribution < -0.4 is 4.90 Å². The standard InChI is InChI=1S/C10H13ClN2OS/c11-9-8(7-14)15-10(12-9)13-5-3-1-2-4-6-13/h7H,1-6H2. The molecule has 1 aliphatic heterocycles. The fourth-order valence-corrected chi connectivity index (χ4v) is 2.89. The van der Waals surface area contributed by atoms with Crippen molar-refractivity contribution in [2.45, 2.75) is 25.7 Å². The largest absolute Gasteiger partial charge is 0.348 e. The number of nitrogens with zero attached hydrogens (tertiary/aromatic N) is 2. The number of halogens is 1. The molecule has 0 atom stereocenters. The first-order valence-electron chi connectivity index (χ1n) is 5.17. The maximum atomic E-state index is 10.7. The molecule has 1 aromatic rings. The van der Waals surface area contributed by atoms with Crippen LogP contribution in [0.15, 0.2) is 0 Å². The number of aldehydes is 1. The maximum absolute atomic E-state index is 10.7. The van der Waals surface area contributed by atoms with Gasteiger partial charge in [0.15, 0.2) is 16.6 Å². The lowest BCUT2D eigenvalue weighted by molar-refractivity contribution is 0.112. The fourth-order valence-electron chi connectivity index (χ4n) is 1.77. The van der Waals surface area contributed by atoms with E-state index in [9.17, 15) is 4.79 Å². The van der Waals surface area contributed by atoms with Gasteiger partial charge >= 0.3 is 0 Å². The Balaban J connectivity index is 2.16. The third-order valence-electron chi connectivity index (χ3n) is 2.58. The summed E-state index contributed by atoms with van der Waals surface area (Å²) in [7, 11) is 0. The van der Waals surface area contributed by atoms with Crippen LogP contribution in [0.3, 0.4) is 0 Å². The van der Waals surface area contributed by atoms with Gasteiger partial charge in [0.05, 0.1) is 0 Å². The highest BCUT2D eigenvalue weighted by atomic mass is 35.5. The molecule has 0 aromatic carbocycles. The molecule has 0 spiro atoms. The van der Waals surface area contributed by atoms with Crippen LogP contribution in [0, 0.1) is 0 Å². The molecule has 1 aliphatic rings. The molecular formula is C10H13ClN2OS. The van der Waals surface area contributed by atoms with E-state index in [2.05, 4.69) is 9.88 Å². The number of carbonyl (C=O) groups is 1. The van der Waals surface area contributed by atoms with Crippen molar-refractivity contribution in [2.75, 3.05) is 18.0 Å². The predicted octanol–water partition coefficient (Wildman–Crippen LogP) is 2.99. The van der Waals surface area contributed by atoms with Gasteiger partial charge in [0.2, 0.25) is 0 Å². The smallest absolute Gasteiger partial charge is 0.187 e. The summed E-state index contributed by atoms with van der Waals surface area (Å²) in [6.07, 6.45) is 5.76. The van der Waals surface area contributed by atoms with Crippen LogP contribution in [-0.4, -0.2) is 24.4 Å². The van der Waals surface area contributed by atoms with Crippen LogP contribution in [0.4, 0.5) is 5.13 Å². The van der Waals surface area contributed by atoms with Gasteiger partial charge < -0.3 is 4.90 Å². The average Bonchev–Trinajstić information content (AvgIpc) is 2.48. The Hall–Kier alpha value is -0.610. The summed E-state index contributed by atoms with van der Waals surface area (Å²) >= 11 is 7.24. The van der Waals surface area contributed by atoms with E-state index in [4.69, 9.17) is 11.6 Å². The molecule has 3 nitrogen and oxygen atoms in total. The number of thiazole rings is 1. The van der Waals surface area contributed by atoms with Crippen molar-refractivity contribution in [3.63, 3.8) is 0 Å². The Bertz CT molecular complexity index is 345. The van der Waals surface area contributed by atoms with Crippen molar-refractivity contribution < 1.29 is 4.79 Å². The molecule has 0 saturated carbocycles. The summed E-state index contributed by atoms with van der Waals surface area (Å²) in [6.45, 7) is 2.06. The lowest BCUT2D eigenvalue weighted by Crippen LogP contribution is -2.23. The second kappa shape index (κ2) is 4.94. The van der Waals surface area contributed by atoms with Crippen LogP contribution in [0.2, 0.25) is 5.15 Å². The molecule has 1 fully saturated rings. The first kappa shape index (κ1) is 10.9. The van der Waals surface area contributed by atoms with Gasteiger partial charge in [-0.05, 0) is 12.8 Å². The SMILES string of the molecule is O=Cc1sc(N2CCCCCC2)nc1Cl. The topological polar surface area (TPSA) is 33.2 Å². The number of rotatable bonds is 2. The Morgan fingerprint density at radius 2 is 1.93 bits per heavy atom. The maximum Gasteiger partial charge on any atom is 0.187 e. The minimum atomic E-state index is 0.342. The second-order valence-electron chi connectivity index (χ2n) is 3.67. The zero-order valence-corrected chi connectivity index (χ0v) is 9.98. The van der Waals surface area contributed by atoms with Gasteiger partial charge in [-0.15, -0.1) is 0 Å². The Labute approximate surface area is 98.1 Å². The number of hydrogen-bond acceptors (Lipinski definition) is 4. The summed E-state index contributed by atoms with van der Waals surface area (Å²) in [5.74, 6) is 0. The van der Waals surface area contributed by atoms with E-state index in [0.29, 0.717) is 10.0 Å². The van der Waals surface area contributed by atoms with E-state index >= 15 is 0 Å². The van der Waals surface area contributed by atoms with Gasteiger partial charge in [-0.1, -0.05) is 35.8 Å². The average molecular weight is 245 g/mol. The van der Waals surface area contributed by atoms with E-state index in [-0.39, 0.29) is 0 Å². The van der Waals surface area contributed by atoms with Crippen LogP contribution in [-0.2, 0) is 0 Å². The van der Waals surface area contributed by atoms with Crippen LogP contribution in [0.1, 0.15) is 35.4 Å². The molecule has 2 heterocycles. The minimum absolute atomic E-state index is 0.342. The van der Waals surface area contributed by atoms with Gasteiger partial charge in [-0.3, -0.25) is 4.79 Å². The van der Waals surface area contributed by atoms with Crippen molar-refractivity contribution in [2.24, 2.45) is 0 Å². The van der Waals surface area contributed by atoms with E-state index < -0.39 is 0 Å². The quantitative estimate of drug-likeness (QED) is 0.750. The molecular weight excluding hydrogens is 232 g/mol. The number of carbonyl (C=O) groups excluding carboxylic acids is 1. The van der Waals surface area contributed by atoms with Crippen LogP contribution in [0.5, 0.6) is 0 Å². The molecule has 2 rings (SSSR count). The molecule has 0 radical (unpaired) electrons. The Kier molecular flexibility index (Phi) is 3.59. The molecule has 1 saturated heterocycles. The number of anilines is 1. The van der Waals surface area contributed by atoms with Crippen molar-refractivity contribution in [3.05, 3.63) is 10.0 Å². The van der Waals surface area contributed by atoms with Gasteiger partial charge in [0.25, 0.3) is 0 Å². The van der Waals surface area contributed by atoms with E-state index in [1.54, 1.807) is 0 Å². The fraction of sp³-hybridized carbons (Fsp3) is 0.600. The zero-order valence-electron chi connectivity index (χ0n) is 8.41. The first-order valence-corrected chi connectivity index (χ1v) is 6.37. The molecule has 0 aliphatic carbocycles. The van der Waals surface area contributed by atoms with Crippen molar-refractivity contribution in [3.8, 4) is 0 Å². The zero-order chi connectivity index (χ0) is 10.7. The lowest BCUT2D eigenvalue weighted by Gasteiger charge is -2.18. The molecule has 0 N–H and O–H groups in total. The molecule has 0 unspecified atom stereocenters. The highest BCUT2D eigenvalue weighted by Gasteiger charge is 2.16. The normalized spacial score (nSPS) is 17.5. The monoisotopic (exact) mass is 244 g/mol. The van der Waals surface area contributed by atoms with Crippen molar-refractivity contribution in [1.29, 1.82) is 0 Å². The first-order chi connectivity index (χ1) is 7.31. The molecule has 0 amide bonds. The summed E-state index contributed by atoms with van der Waals surface area (Å²) < 4.78 is 0. The number of aromatic nitrogens is 1. The molecule has 1 aromatic heterocycles.